The number of aliphatic hydroxyl groups is 2. The van der Waals surface area contributed by atoms with E-state index >= 15 is 0 Å². The number of hydrogen-bond acceptors (Lipinski definition) is 3. The summed E-state index contributed by atoms with van der Waals surface area (Å²) in [4.78, 5) is 0. The molecule has 0 radical (unpaired) electrons. The van der Waals surface area contributed by atoms with Crippen LogP contribution in [0.4, 0.5) is 0 Å². The van der Waals surface area contributed by atoms with Gasteiger partial charge in [0.15, 0.2) is 0 Å². The van der Waals surface area contributed by atoms with E-state index in [0.717, 1.165) is 12.8 Å². The van der Waals surface area contributed by atoms with E-state index in [2.05, 4.69) is 6.92 Å². The molecule has 2 N–H and O–H groups in total. The molecule has 0 heterocycles. The summed E-state index contributed by atoms with van der Waals surface area (Å²) in [6.45, 7) is 3.17. The van der Waals surface area contributed by atoms with Crippen molar-refractivity contribution in [2.45, 2.75) is 32.3 Å². The van der Waals surface area contributed by atoms with Crippen molar-refractivity contribution in [2.24, 2.45) is 0 Å². The van der Waals surface area contributed by atoms with Gasteiger partial charge in [0.25, 0.3) is 0 Å². The van der Waals surface area contributed by atoms with Crippen molar-refractivity contribution in [1.82, 2.24) is 0 Å². The molecule has 0 amide bonds. The van der Waals surface area contributed by atoms with Crippen LogP contribution >= 0.6 is 0 Å². The van der Waals surface area contributed by atoms with Gasteiger partial charge in [-0.1, -0.05) is 13.3 Å². The molecule has 3 heteroatoms. The maximum atomic E-state index is 9.06. The molecule has 0 saturated carbocycles. The lowest BCUT2D eigenvalue weighted by atomic mass is 10.3. The monoisotopic (exact) mass is 162 g/mol. The topological polar surface area (TPSA) is 49.7 Å². The molecule has 0 aromatic heterocycles. The summed E-state index contributed by atoms with van der Waals surface area (Å²) < 4.78 is 5.13. The predicted octanol–water partition coefficient (Wildman–Crippen LogP) is 0.546. The molecule has 0 saturated heterocycles. The van der Waals surface area contributed by atoms with Gasteiger partial charge in [-0.25, -0.2) is 0 Å². The van der Waals surface area contributed by atoms with Crippen molar-refractivity contribution in [3.05, 3.63) is 0 Å². The summed E-state index contributed by atoms with van der Waals surface area (Å²) in [6.07, 6.45) is 2.05. The molecule has 0 aromatic rings. The summed E-state index contributed by atoms with van der Waals surface area (Å²) in [7, 11) is 0. The zero-order valence-electron chi connectivity index (χ0n) is 7.12. The third-order valence-corrected chi connectivity index (χ3v) is 1.41. The van der Waals surface area contributed by atoms with Crippen molar-refractivity contribution < 1.29 is 14.9 Å². The molecule has 1 unspecified atom stereocenters. The second kappa shape index (κ2) is 7.98. The van der Waals surface area contributed by atoms with Crippen LogP contribution in [0.25, 0.3) is 0 Å². The Morgan fingerprint density at radius 1 is 1.45 bits per heavy atom. The first-order valence-electron chi connectivity index (χ1n) is 4.18. The minimum atomic E-state index is -0.503. The average Bonchev–Trinajstić information content (AvgIpc) is 1.99. The van der Waals surface area contributed by atoms with Gasteiger partial charge in [0, 0.05) is 13.2 Å². The molecule has 0 aliphatic heterocycles. The molecule has 0 fully saturated rings. The van der Waals surface area contributed by atoms with Gasteiger partial charge in [0.1, 0.15) is 0 Å². The number of rotatable bonds is 7. The fourth-order valence-electron chi connectivity index (χ4n) is 0.698. The Hall–Kier alpha value is -0.120. The molecular formula is C8H18O3. The zero-order valence-corrected chi connectivity index (χ0v) is 7.12. The Labute approximate surface area is 68.0 Å². The van der Waals surface area contributed by atoms with Gasteiger partial charge in [0.2, 0.25) is 0 Å². The van der Waals surface area contributed by atoms with E-state index in [0.29, 0.717) is 19.6 Å². The van der Waals surface area contributed by atoms with Crippen LogP contribution < -0.4 is 0 Å². The highest BCUT2D eigenvalue weighted by molar-refractivity contribution is 4.51. The molecule has 0 aromatic carbocycles. The molecule has 1 atom stereocenters. The summed E-state index contributed by atoms with van der Waals surface area (Å²) in [5.41, 5.74) is 0. The largest absolute Gasteiger partial charge is 0.396 e. The Kier molecular flexibility index (Phi) is 7.89. The van der Waals surface area contributed by atoms with E-state index in [4.69, 9.17) is 14.9 Å². The lowest BCUT2D eigenvalue weighted by molar-refractivity contribution is 0.0232. The van der Waals surface area contributed by atoms with Crippen LogP contribution in [0.3, 0.4) is 0 Å². The Morgan fingerprint density at radius 2 is 2.18 bits per heavy atom. The van der Waals surface area contributed by atoms with Crippen LogP contribution in [-0.2, 0) is 4.74 Å². The van der Waals surface area contributed by atoms with Crippen LogP contribution in [0.1, 0.15) is 26.2 Å². The fraction of sp³-hybridized carbons (Fsp3) is 1.00. The van der Waals surface area contributed by atoms with Crippen molar-refractivity contribution in [3.8, 4) is 0 Å². The van der Waals surface area contributed by atoms with Crippen molar-refractivity contribution in [3.63, 3.8) is 0 Å². The molecule has 0 rings (SSSR count). The van der Waals surface area contributed by atoms with Crippen molar-refractivity contribution >= 4 is 0 Å². The first-order valence-corrected chi connectivity index (χ1v) is 4.18. The standard InChI is InChI=1S/C8H18O3/c1-2-3-6-11-7-8(10)4-5-9/h8-10H,2-7H2,1H3. The molecule has 11 heavy (non-hydrogen) atoms. The smallest absolute Gasteiger partial charge is 0.0795 e. The Morgan fingerprint density at radius 3 is 2.73 bits per heavy atom. The van der Waals surface area contributed by atoms with E-state index in [9.17, 15) is 0 Å². The van der Waals surface area contributed by atoms with Gasteiger partial charge < -0.3 is 14.9 Å². The maximum Gasteiger partial charge on any atom is 0.0795 e. The highest BCUT2D eigenvalue weighted by Gasteiger charge is 2.01. The zero-order chi connectivity index (χ0) is 8.53. The summed E-state index contributed by atoms with van der Waals surface area (Å²) in [5, 5.41) is 17.5. The highest BCUT2D eigenvalue weighted by atomic mass is 16.5. The summed E-state index contributed by atoms with van der Waals surface area (Å²) >= 11 is 0. The molecule has 0 bridgehead atoms. The molecular weight excluding hydrogens is 144 g/mol. The second-order valence-corrected chi connectivity index (χ2v) is 2.59. The van der Waals surface area contributed by atoms with Gasteiger partial charge in [-0.3, -0.25) is 0 Å². The van der Waals surface area contributed by atoms with E-state index in [1.807, 2.05) is 0 Å². The number of unbranched alkanes of at least 4 members (excludes halogenated alkanes) is 1. The van der Waals surface area contributed by atoms with Gasteiger partial charge in [-0.15, -0.1) is 0 Å². The van der Waals surface area contributed by atoms with Crippen LogP contribution in [0.5, 0.6) is 0 Å². The van der Waals surface area contributed by atoms with Crippen LogP contribution in [0.15, 0.2) is 0 Å². The van der Waals surface area contributed by atoms with Crippen LogP contribution in [0.2, 0.25) is 0 Å². The Bertz CT molecular complexity index is 75.7. The summed E-state index contributed by atoms with van der Waals surface area (Å²) in [6, 6.07) is 0. The van der Waals surface area contributed by atoms with Gasteiger partial charge in [-0.2, -0.15) is 0 Å². The lowest BCUT2D eigenvalue weighted by Crippen LogP contribution is -2.16. The minimum absolute atomic E-state index is 0.0261. The molecule has 0 aliphatic rings. The molecule has 0 spiro atoms. The molecule has 3 nitrogen and oxygen atoms in total. The van der Waals surface area contributed by atoms with Gasteiger partial charge in [-0.05, 0) is 12.8 Å². The number of hydrogen-bond donors (Lipinski definition) is 2. The van der Waals surface area contributed by atoms with Gasteiger partial charge in [0.05, 0.1) is 12.7 Å². The fourth-order valence-corrected chi connectivity index (χ4v) is 0.698. The van der Waals surface area contributed by atoms with E-state index < -0.39 is 6.10 Å². The maximum absolute atomic E-state index is 9.06. The van der Waals surface area contributed by atoms with Crippen molar-refractivity contribution in [1.29, 1.82) is 0 Å². The second-order valence-electron chi connectivity index (χ2n) is 2.59. The van der Waals surface area contributed by atoms with Crippen LogP contribution in [0, 0.1) is 0 Å². The number of aliphatic hydroxyl groups excluding tert-OH is 2. The van der Waals surface area contributed by atoms with Crippen molar-refractivity contribution in [2.75, 3.05) is 19.8 Å². The highest BCUT2D eigenvalue weighted by Crippen LogP contribution is 1.93. The third kappa shape index (κ3) is 7.78. The SMILES string of the molecule is CCCCOCC(O)CCO. The third-order valence-electron chi connectivity index (χ3n) is 1.41. The lowest BCUT2D eigenvalue weighted by Gasteiger charge is -2.08. The van der Waals surface area contributed by atoms with E-state index in [-0.39, 0.29) is 6.61 Å². The molecule has 0 aliphatic carbocycles. The first kappa shape index (κ1) is 10.9. The quantitative estimate of drug-likeness (QED) is 0.537. The van der Waals surface area contributed by atoms with Crippen LogP contribution in [-0.4, -0.2) is 36.1 Å². The minimum Gasteiger partial charge on any atom is -0.396 e. The van der Waals surface area contributed by atoms with E-state index in [1.54, 1.807) is 0 Å². The van der Waals surface area contributed by atoms with Gasteiger partial charge >= 0.3 is 0 Å². The number of ether oxygens (including phenoxy) is 1. The Balaban J connectivity index is 2.97. The molecule has 68 valence electrons. The average molecular weight is 162 g/mol. The normalized spacial score (nSPS) is 13.4. The first-order chi connectivity index (χ1) is 5.31. The van der Waals surface area contributed by atoms with E-state index in [1.165, 1.54) is 0 Å². The summed E-state index contributed by atoms with van der Waals surface area (Å²) in [5.74, 6) is 0. The predicted molar refractivity (Wildman–Crippen MR) is 43.4 cm³/mol.